The van der Waals surface area contributed by atoms with Crippen LogP contribution in [0.3, 0.4) is 0 Å². The lowest BCUT2D eigenvalue weighted by Gasteiger charge is -2.40. The quantitative estimate of drug-likeness (QED) is 0.0215. The maximum Gasteiger partial charge on any atom is 0.249 e. The third kappa shape index (κ3) is 41.6. The molecule has 1 aliphatic heterocycles. The molecule has 1 rings (SSSR count). The zero-order valence-corrected chi connectivity index (χ0v) is 49.5. The third-order valence-electron chi connectivity index (χ3n) is 16.0. The molecule has 1 aliphatic rings. The van der Waals surface area contributed by atoms with Crippen molar-refractivity contribution in [3.8, 4) is 0 Å². The van der Waals surface area contributed by atoms with Crippen LogP contribution in [0, 0.1) is 0 Å². The van der Waals surface area contributed by atoms with Crippen LogP contribution in [-0.2, 0) is 14.3 Å². The highest BCUT2D eigenvalue weighted by Crippen LogP contribution is 2.24. The molecular formula is C65H125NO10. The topological polar surface area (TPSA) is 189 Å². The van der Waals surface area contributed by atoms with E-state index in [1.165, 1.54) is 231 Å². The van der Waals surface area contributed by atoms with Gasteiger partial charge in [-0.25, -0.2) is 0 Å². The minimum atomic E-state index is -1.66. The molecule has 0 aromatic rings. The van der Waals surface area contributed by atoms with Gasteiger partial charge in [-0.2, -0.15) is 0 Å². The number of nitrogens with one attached hydrogen (secondary N) is 1. The van der Waals surface area contributed by atoms with Crippen LogP contribution < -0.4 is 5.32 Å². The Bertz CT molecular complexity index is 1280. The molecular weight excluding hydrogens is 955 g/mol. The first-order chi connectivity index (χ1) is 37.2. The Balaban J connectivity index is 2.20. The molecule has 0 aliphatic carbocycles. The predicted octanol–water partition coefficient (Wildman–Crippen LogP) is 14.9. The number of rotatable bonds is 57. The molecule has 1 fully saturated rings. The van der Waals surface area contributed by atoms with E-state index in [-0.39, 0.29) is 6.42 Å². The summed E-state index contributed by atoms with van der Waals surface area (Å²) in [5.41, 5.74) is 0. The average molecular weight is 1080 g/mol. The van der Waals surface area contributed by atoms with Crippen LogP contribution in [0.4, 0.5) is 0 Å². The molecule has 0 saturated carbocycles. The molecule has 450 valence electrons. The number of carbonyl (C=O) groups is 1. The number of hydrogen-bond donors (Lipinski definition) is 8. The van der Waals surface area contributed by atoms with Gasteiger partial charge in [0.15, 0.2) is 6.29 Å². The van der Waals surface area contributed by atoms with Gasteiger partial charge >= 0.3 is 0 Å². The summed E-state index contributed by atoms with van der Waals surface area (Å²) in [6.45, 7) is 3.47. The maximum absolute atomic E-state index is 13.2. The van der Waals surface area contributed by atoms with Crippen LogP contribution in [0.2, 0.25) is 0 Å². The molecule has 0 bridgehead atoms. The van der Waals surface area contributed by atoms with Crippen molar-refractivity contribution in [3.05, 3.63) is 24.3 Å². The van der Waals surface area contributed by atoms with E-state index in [0.29, 0.717) is 19.3 Å². The van der Waals surface area contributed by atoms with E-state index in [1.807, 2.05) is 0 Å². The molecule has 0 radical (unpaired) electrons. The van der Waals surface area contributed by atoms with E-state index in [9.17, 15) is 40.5 Å². The zero-order valence-electron chi connectivity index (χ0n) is 49.5. The van der Waals surface area contributed by atoms with E-state index in [2.05, 4.69) is 43.5 Å². The van der Waals surface area contributed by atoms with Crippen LogP contribution in [0.5, 0.6) is 0 Å². The molecule has 1 saturated heterocycles. The van der Waals surface area contributed by atoms with Gasteiger partial charge in [-0.05, 0) is 38.5 Å². The number of amides is 1. The summed E-state index contributed by atoms with van der Waals surface area (Å²) < 4.78 is 11.2. The van der Waals surface area contributed by atoms with Crippen molar-refractivity contribution in [3.63, 3.8) is 0 Å². The van der Waals surface area contributed by atoms with Crippen LogP contribution >= 0.6 is 0 Å². The average Bonchev–Trinajstić information content (AvgIpc) is 3.42. The lowest BCUT2D eigenvalue weighted by Crippen LogP contribution is -2.60. The van der Waals surface area contributed by atoms with Crippen LogP contribution in [-0.4, -0.2) is 110 Å². The van der Waals surface area contributed by atoms with Gasteiger partial charge in [0.25, 0.3) is 0 Å². The summed E-state index contributed by atoms with van der Waals surface area (Å²) in [4.78, 5) is 13.2. The number of aliphatic hydroxyl groups is 7. The Morgan fingerprint density at radius 3 is 1.17 bits per heavy atom. The Kier molecular flexibility index (Phi) is 51.8. The summed E-state index contributed by atoms with van der Waals surface area (Å²) >= 11 is 0. The van der Waals surface area contributed by atoms with E-state index in [4.69, 9.17) is 9.47 Å². The molecule has 76 heavy (non-hydrogen) atoms. The van der Waals surface area contributed by atoms with Crippen molar-refractivity contribution in [1.29, 1.82) is 0 Å². The number of hydrogen-bond acceptors (Lipinski definition) is 10. The van der Waals surface area contributed by atoms with Crippen molar-refractivity contribution in [2.45, 2.75) is 371 Å². The second kappa shape index (κ2) is 54.2. The van der Waals surface area contributed by atoms with Crippen molar-refractivity contribution < 1.29 is 50.0 Å². The highest BCUT2D eigenvalue weighted by Gasteiger charge is 2.44. The number of aliphatic hydroxyl groups excluding tert-OH is 7. The highest BCUT2D eigenvalue weighted by atomic mass is 16.7. The van der Waals surface area contributed by atoms with E-state index >= 15 is 0 Å². The summed E-state index contributed by atoms with van der Waals surface area (Å²) in [6, 6.07) is -1.17. The lowest BCUT2D eigenvalue weighted by atomic mass is 9.98. The third-order valence-corrected chi connectivity index (χ3v) is 16.0. The number of ether oxygens (including phenoxy) is 2. The van der Waals surface area contributed by atoms with Gasteiger partial charge in [-0.3, -0.25) is 4.79 Å². The first-order valence-corrected chi connectivity index (χ1v) is 32.8. The zero-order chi connectivity index (χ0) is 55.4. The van der Waals surface area contributed by atoms with Crippen molar-refractivity contribution in [2.24, 2.45) is 0 Å². The van der Waals surface area contributed by atoms with Crippen molar-refractivity contribution >= 4 is 5.91 Å². The smallest absolute Gasteiger partial charge is 0.249 e. The minimum Gasteiger partial charge on any atom is -0.394 e. The van der Waals surface area contributed by atoms with Crippen molar-refractivity contribution in [1.82, 2.24) is 5.32 Å². The molecule has 0 spiro atoms. The molecule has 9 unspecified atom stereocenters. The lowest BCUT2D eigenvalue weighted by molar-refractivity contribution is -0.303. The Labute approximate surface area is 467 Å². The predicted molar refractivity (Wildman–Crippen MR) is 316 cm³/mol. The Morgan fingerprint density at radius 1 is 0.461 bits per heavy atom. The van der Waals surface area contributed by atoms with Gasteiger partial charge in [-0.15, -0.1) is 0 Å². The van der Waals surface area contributed by atoms with Crippen LogP contribution in [0.15, 0.2) is 24.3 Å². The molecule has 11 nitrogen and oxygen atoms in total. The fraction of sp³-hybridized carbons (Fsp3) is 0.923. The SMILES string of the molecule is CCCCC/C=C\C=C/CCCCCCCCCCCC(O)C(=O)NC(COC1OC(CO)C(O)C(O)C1O)C(O)C(O)CCCCCCCCCCCCCCCCCCCCCCCCCCCCCCCCC. The first kappa shape index (κ1) is 72.6. The largest absolute Gasteiger partial charge is 0.394 e. The number of unbranched alkanes of at least 4 members (excludes halogenated alkanes) is 42. The monoisotopic (exact) mass is 1080 g/mol. The second-order valence-corrected chi connectivity index (χ2v) is 23.2. The number of allylic oxidation sites excluding steroid dienone is 4. The van der Waals surface area contributed by atoms with Gasteiger partial charge < -0.3 is 50.5 Å². The highest BCUT2D eigenvalue weighted by molar-refractivity contribution is 5.80. The second-order valence-electron chi connectivity index (χ2n) is 23.2. The Hall–Kier alpha value is -1.41. The minimum absolute atomic E-state index is 0.256. The Morgan fingerprint density at radius 2 is 0.789 bits per heavy atom. The summed E-state index contributed by atoms with van der Waals surface area (Å²) in [5.74, 6) is -0.697. The molecule has 8 N–H and O–H groups in total. The standard InChI is InChI=1S/C65H125NO10/c1-3-5-7-9-11-13-15-17-19-21-23-24-25-26-27-28-29-30-31-32-33-34-35-37-38-40-42-44-46-48-50-52-57(68)60(70)56(55-75-65-63(73)62(72)61(71)59(54-67)76-65)66-64(74)58(69)53-51-49-47-45-43-41-39-36-22-20-18-16-14-12-10-8-6-4-2/h12,14,16,18,56-63,65,67-73H,3-11,13,15,17,19-55H2,1-2H3,(H,66,74)/b14-12-,18-16-. The number of carbonyl (C=O) groups excluding carboxylic acids is 1. The molecule has 11 heteroatoms. The molecule has 0 aromatic carbocycles. The fourth-order valence-corrected chi connectivity index (χ4v) is 10.7. The van der Waals surface area contributed by atoms with Crippen LogP contribution in [0.1, 0.15) is 316 Å². The summed E-state index contributed by atoms with van der Waals surface area (Å²) in [5, 5.41) is 76.4. The van der Waals surface area contributed by atoms with Gasteiger partial charge in [-0.1, -0.05) is 301 Å². The maximum atomic E-state index is 13.2. The molecule has 9 atom stereocenters. The summed E-state index contributed by atoms with van der Waals surface area (Å²) in [7, 11) is 0. The van der Waals surface area contributed by atoms with E-state index in [0.717, 1.165) is 44.9 Å². The van der Waals surface area contributed by atoms with Gasteiger partial charge in [0.2, 0.25) is 5.91 Å². The van der Waals surface area contributed by atoms with Crippen LogP contribution in [0.25, 0.3) is 0 Å². The molecule has 1 amide bonds. The van der Waals surface area contributed by atoms with Gasteiger partial charge in [0.05, 0.1) is 25.4 Å². The van der Waals surface area contributed by atoms with Gasteiger partial charge in [0.1, 0.15) is 36.6 Å². The van der Waals surface area contributed by atoms with E-state index < -0.39 is 74.2 Å². The normalized spacial score (nSPS) is 19.7. The van der Waals surface area contributed by atoms with E-state index in [1.54, 1.807) is 0 Å². The van der Waals surface area contributed by atoms with Gasteiger partial charge in [0, 0.05) is 0 Å². The molecule has 1 heterocycles. The van der Waals surface area contributed by atoms with Crippen molar-refractivity contribution in [2.75, 3.05) is 13.2 Å². The molecule has 0 aromatic heterocycles. The summed E-state index contributed by atoms with van der Waals surface area (Å²) in [6.07, 6.45) is 55.3. The fourth-order valence-electron chi connectivity index (χ4n) is 10.7. The first-order valence-electron chi connectivity index (χ1n) is 32.8.